The van der Waals surface area contributed by atoms with E-state index in [0.29, 0.717) is 0 Å². The summed E-state index contributed by atoms with van der Waals surface area (Å²) >= 11 is 0. The molecule has 1 aliphatic carbocycles. The molecule has 0 radical (unpaired) electrons. The molecule has 24 heavy (non-hydrogen) atoms. The lowest BCUT2D eigenvalue weighted by atomic mass is 9.95. The summed E-state index contributed by atoms with van der Waals surface area (Å²) in [6.07, 6.45) is 2.55. The molecule has 0 saturated heterocycles. The van der Waals surface area contributed by atoms with Gasteiger partial charge in [0.25, 0.3) is 0 Å². The molecule has 0 aromatic carbocycles. The summed E-state index contributed by atoms with van der Waals surface area (Å²) in [5, 5.41) is 2.97. The number of halogens is 4. The topological polar surface area (TPSA) is 37.8 Å². The third-order valence-corrected chi connectivity index (χ3v) is 4.13. The Hall–Kier alpha value is -2.18. The quantitative estimate of drug-likeness (QED) is 0.796. The van der Waals surface area contributed by atoms with Crippen molar-refractivity contribution in [2.75, 3.05) is 5.32 Å². The Labute approximate surface area is 137 Å². The van der Waals surface area contributed by atoms with Crippen LogP contribution in [0.4, 0.5) is 23.2 Å². The molecule has 1 fully saturated rings. The molecule has 0 aliphatic heterocycles. The van der Waals surface area contributed by atoms with Crippen LogP contribution in [0.25, 0.3) is 11.3 Å². The van der Waals surface area contributed by atoms with E-state index in [1.165, 1.54) is 18.3 Å². The zero-order chi connectivity index (χ0) is 17.2. The van der Waals surface area contributed by atoms with Gasteiger partial charge in [0.15, 0.2) is 5.69 Å². The number of aromatic nitrogens is 2. The Kier molecular flexibility index (Phi) is 4.69. The van der Waals surface area contributed by atoms with E-state index in [1.807, 2.05) is 0 Å². The monoisotopic (exact) mass is 339 g/mol. The van der Waals surface area contributed by atoms with Crippen molar-refractivity contribution in [3.63, 3.8) is 0 Å². The van der Waals surface area contributed by atoms with Gasteiger partial charge in [0.2, 0.25) is 0 Å². The zero-order valence-corrected chi connectivity index (χ0v) is 12.9. The fraction of sp³-hybridized carbons (Fsp3) is 0.412. The summed E-state index contributed by atoms with van der Waals surface area (Å²) in [5.41, 5.74) is -0.745. The maximum absolute atomic E-state index is 13.4. The molecule has 0 atom stereocenters. The maximum atomic E-state index is 13.4. The molecule has 0 spiro atoms. The van der Waals surface area contributed by atoms with Gasteiger partial charge in [-0.2, -0.15) is 13.2 Å². The molecule has 1 N–H and O–H groups in total. The largest absolute Gasteiger partial charge is 0.435 e. The minimum atomic E-state index is -4.59. The number of hydrogen-bond donors (Lipinski definition) is 1. The maximum Gasteiger partial charge on any atom is 0.435 e. The lowest BCUT2D eigenvalue weighted by Crippen LogP contribution is -2.24. The molecule has 2 heterocycles. The molecule has 2 aromatic heterocycles. The predicted octanol–water partition coefficient (Wildman–Crippen LogP) is 5.05. The number of hydrogen-bond acceptors (Lipinski definition) is 3. The Bertz CT molecular complexity index is 709. The van der Waals surface area contributed by atoms with E-state index in [-0.39, 0.29) is 23.0 Å². The Morgan fingerprint density at radius 3 is 2.46 bits per heavy atom. The Morgan fingerprint density at radius 2 is 1.79 bits per heavy atom. The molecule has 3 rings (SSSR count). The van der Waals surface area contributed by atoms with Crippen LogP contribution in [0.1, 0.15) is 37.8 Å². The molecule has 2 aromatic rings. The molecule has 0 unspecified atom stereocenters. The van der Waals surface area contributed by atoms with Crippen molar-refractivity contribution in [2.24, 2.45) is 0 Å². The molecule has 0 bridgehead atoms. The predicted molar refractivity (Wildman–Crippen MR) is 82.9 cm³/mol. The van der Waals surface area contributed by atoms with E-state index >= 15 is 0 Å². The second-order valence-corrected chi connectivity index (χ2v) is 5.96. The van der Waals surface area contributed by atoms with Gasteiger partial charge in [-0.3, -0.25) is 4.98 Å². The van der Waals surface area contributed by atoms with Gasteiger partial charge < -0.3 is 5.32 Å². The summed E-state index contributed by atoms with van der Waals surface area (Å²) in [6.45, 7) is 0. The Morgan fingerprint density at radius 1 is 1.04 bits per heavy atom. The van der Waals surface area contributed by atoms with E-state index in [1.54, 1.807) is 0 Å². The van der Waals surface area contributed by atoms with Crippen LogP contribution < -0.4 is 5.32 Å². The minimum absolute atomic E-state index is 0.0255. The van der Waals surface area contributed by atoms with Gasteiger partial charge in [0.1, 0.15) is 5.82 Å². The third-order valence-electron chi connectivity index (χ3n) is 4.13. The van der Waals surface area contributed by atoms with Gasteiger partial charge in [-0.15, -0.1) is 0 Å². The Balaban J connectivity index is 1.94. The van der Waals surface area contributed by atoms with Crippen molar-refractivity contribution < 1.29 is 17.6 Å². The molecular weight excluding hydrogens is 322 g/mol. The summed E-state index contributed by atoms with van der Waals surface area (Å²) in [5.74, 6) is -0.618. The van der Waals surface area contributed by atoms with E-state index < -0.39 is 17.7 Å². The first kappa shape index (κ1) is 16.7. The van der Waals surface area contributed by atoms with E-state index in [9.17, 15) is 17.6 Å². The van der Waals surface area contributed by atoms with Gasteiger partial charge in [0.05, 0.1) is 17.6 Å². The highest BCUT2D eigenvalue weighted by Crippen LogP contribution is 2.36. The van der Waals surface area contributed by atoms with Crippen LogP contribution in [0.15, 0.2) is 30.6 Å². The number of alkyl halides is 3. The van der Waals surface area contributed by atoms with Crippen LogP contribution in [0.3, 0.4) is 0 Å². The van der Waals surface area contributed by atoms with Crippen molar-refractivity contribution in [2.45, 2.75) is 44.3 Å². The fourth-order valence-corrected chi connectivity index (χ4v) is 2.97. The van der Waals surface area contributed by atoms with E-state index in [4.69, 9.17) is 0 Å². The van der Waals surface area contributed by atoms with Gasteiger partial charge in [-0.05, 0) is 31.0 Å². The molecular formula is C17H17F4N3. The normalized spacial score (nSPS) is 16.2. The van der Waals surface area contributed by atoms with Gasteiger partial charge in [0, 0.05) is 17.8 Å². The molecule has 7 heteroatoms. The van der Waals surface area contributed by atoms with Crippen molar-refractivity contribution in [3.8, 4) is 11.3 Å². The van der Waals surface area contributed by atoms with Crippen molar-refractivity contribution in [3.05, 3.63) is 42.1 Å². The highest BCUT2D eigenvalue weighted by Gasteiger charge is 2.36. The van der Waals surface area contributed by atoms with Crippen LogP contribution in [0.5, 0.6) is 0 Å². The standard InChI is InChI=1S/C17H17F4N3/c18-12-8-11(9-22-10-12)14-6-7-15(16(24-14)17(19,20)21)23-13-4-2-1-3-5-13/h6-10,13,23H,1-5H2. The third kappa shape index (κ3) is 3.83. The first-order valence-electron chi connectivity index (χ1n) is 7.89. The number of anilines is 1. The molecule has 1 aliphatic rings. The van der Waals surface area contributed by atoms with Crippen molar-refractivity contribution in [1.29, 1.82) is 0 Å². The lowest BCUT2D eigenvalue weighted by Gasteiger charge is -2.25. The zero-order valence-electron chi connectivity index (χ0n) is 12.9. The van der Waals surface area contributed by atoms with Crippen LogP contribution in [-0.2, 0) is 6.18 Å². The summed E-state index contributed by atoms with van der Waals surface area (Å²) in [6, 6.07) is 3.97. The van der Waals surface area contributed by atoms with Crippen molar-refractivity contribution in [1.82, 2.24) is 9.97 Å². The molecule has 0 amide bonds. The van der Waals surface area contributed by atoms with Gasteiger partial charge >= 0.3 is 6.18 Å². The van der Waals surface area contributed by atoms with E-state index in [2.05, 4.69) is 15.3 Å². The fourth-order valence-electron chi connectivity index (χ4n) is 2.97. The highest BCUT2D eigenvalue weighted by atomic mass is 19.4. The van der Waals surface area contributed by atoms with Crippen LogP contribution in [0, 0.1) is 5.82 Å². The highest BCUT2D eigenvalue weighted by molar-refractivity contribution is 5.62. The summed E-state index contributed by atoms with van der Waals surface area (Å²) in [7, 11) is 0. The van der Waals surface area contributed by atoms with Gasteiger partial charge in [-0.1, -0.05) is 19.3 Å². The number of pyridine rings is 2. The average molecular weight is 339 g/mol. The second kappa shape index (κ2) is 6.75. The number of nitrogens with zero attached hydrogens (tertiary/aromatic N) is 2. The summed E-state index contributed by atoms with van der Waals surface area (Å²) < 4.78 is 53.4. The first-order valence-corrected chi connectivity index (χ1v) is 7.89. The number of nitrogens with one attached hydrogen (secondary N) is 1. The molecule has 3 nitrogen and oxygen atoms in total. The summed E-state index contributed by atoms with van der Waals surface area (Å²) in [4.78, 5) is 7.38. The van der Waals surface area contributed by atoms with Crippen LogP contribution in [0.2, 0.25) is 0 Å². The lowest BCUT2D eigenvalue weighted by molar-refractivity contribution is -0.140. The smallest absolute Gasteiger partial charge is 0.381 e. The SMILES string of the molecule is Fc1cncc(-c2ccc(NC3CCCCC3)c(C(F)(F)F)n2)c1. The molecule has 128 valence electrons. The van der Waals surface area contributed by atoms with Gasteiger partial charge in [-0.25, -0.2) is 9.37 Å². The van der Waals surface area contributed by atoms with Crippen molar-refractivity contribution >= 4 is 5.69 Å². The van der Waals surface area contributed by atoms with Crippen LogP contribution >= 0.6 is 0 Å². The average Bonchev–Trinajstić information content (AvgIpc) is 2.55. The first-order chi connectivity index (χ1) is 11.4. The van der Waals surface area contributed by atoms with E-state index in [0.717, 1.165) is 44.4 Å². The number of rotatable bonds is 3. The van der Waals surface area contributed by atoms with Crippen LogP contribution in [-0.4, -0.2) is 16.0 Å². The minimum Gasteiger partial charge on any atom is -0.381 e. The second-order valence-electron chi connectivity index (χ2n) is 5.96. The molecule has 1 saturated carbocycles.